The fraction of sp³-hybridized carbons (Fsp3) is 0.320. The second-order valence-corrected chi connectivity index (χ2v) is 12.3. The van der Waals surface area contributed by atoms with Crippen molar-refractivity contribution in [2.24, 2.45) is 0 Å². The molecule has 0 aliphatic carbocycles. The van der Waals surface area contributed by atoms with Crippen LogP contribution in [0.3, 0.4) is 0 Å². The number of aliphatic hydroxyl groups is 1. The molecule has 210 valence electrons. The van der Waals surface area contributed by atoms with Crippen LogP contribution in [0.5, 0.6) is 0 Å². The normalized spacial score (nSPS) is 13.9. The average Bonchev–Trinajstić information content (AvgIpc) is 3.39. The number of hydroxylamine groups is 1. The number of ether oxygens (including phenoxy) is 1. The quantitative estimate of drug-likeness (QED) is 0.191. The Morgan fingerprint density at radius 3 is 2.62 bits per heavy atom. The number of hydrogen-bond acceptors (Lipinski definition) is 13. The number of amides is 1. The first-order valence-electron chi connectivity index (χ1n) is 12.3. The lowest BCUT2D eigenvalue weighted by atomic mass is 10.2. The van der Waals surface area contributed by atoms with Crippen molar-refractivity contribution in [3.8, 4) is 11.4 Å². The van der Waals surface area contributed by atoms with E-state index >= 15 is 0 Å². The number of morpholine rings is 1. The minimum absolute atomic E-state index is 0.103. The number of benzene rings is 1. The highest BCUT2D eigenvalue weighted by Crippen LogP contribution is 2.35. The molecule has 3 N–H and O–H groups in total. The molecule has 0 atom stereocenters. The first kappa shape index (κ1) is 27.8. The van der Waals surface area contributed by atoms with Crippen LogP contribution in [0.1, 0.15) is 15.2 Å². The van der Waals surface area contributed by atoms with Crippen LogP contribution in [0, 0.1) is 0 Å². The topological polar surface area (TPSA) is 171 Å². The summed E-state index contributed by atoms with van der Waals surface area (Å²) in [6.45, 7) is 2.45. The van der Waals surface area contributed by atoms with Crippen molar-refractivity contribution in [2.75, 3.05) is 55.5 Å². The molecule has 40 heavy (non-hydrogen) atoms. The summed E-state index contributed by atoms with van der Waals surface area (Å²) >= 11 is 1.54. The van der Waals surface area contributed by atoms with Crippen LogP contribution in [0.4, 0.5) is 11.8 Å². The van der Waals surface area contributed by atoms with E-state index in [2.05, 4.69) is 14.9 Å². The lowest BCUT2D eigenvalue weighted by Crippen LogP contribution is -2.36. The van der Waals surface area contributed by atoms with Gasteiger partial charge in [-0.2, -0.15) is 0 Å². The molecule has 0 spiro atoms. The monoisotopic (exact) mass is 585 g/mol. The van der Waals surface area contributed by atoms with E-state index in [1.165, 1.54) is 24.5 Å². The van der Waals surface area contributed by atoms with Gasteiger partial charge in [0.2, 0.25) is 5.95 Å². The molecule has 3 aromatic heterocycles. The third-order valence-corrected chi connectivity index (χ3v) is 9.06. The van der Waals surface area contributed by atoms with Crippen LogP contribution in [0.15, 0.2) is 47.6 Å². The number of carbonyl (C=O) groups excluding carboxylic acids is 1. The summed E-state index contributed by atoms with van der Waals surface area (Å²) in [5.41, 5.74) is 2.96. The number of anilines is 2. The van der Waals surface area contributed by atoms with Crippen molar-refractivity contribution in [2.45, 2.75) is 11.4 Å². The Bertz CT molecular complexity index is 1620. The maximum absolute atomic E-state index is 12.6. The number of aromatic nitrogens is 4. The summed E-state index contributed by atoms with van der Waals surface area (Å²) in [4.78, 5) is 34.7. The average molecular weight is 586 g/mol. The number of fused-ring (bicyclic) bond motifs is 1. The number of hydrogen-bond donors (Lipinski definition) is 3. The second kappa shape index (κ2) is 11.8. The summed E-state index contributed by atoms with van der Waals surface area (Å²) in [6.07, 6.45) is 2.66. The van der Waals surface area contributed by atoms with Crippen LogP contribution in [0.25, 0.3) is 21.6 Å². The maximum atomic E-state index is 12.6. The van der Waals surface area contributed by atoms with Gasteiger partial charge < -0.3 is 19.6 Å². The van der Waals surface area contributed by atoms with E-state index in [9.17, 15) is 18.3 Å². The van der Waals surface area contributed by atoms with Crippen molar-refractivity contribution in [3.05, 3.63) is 53.2 Å². The summed E-state index contributed by atoms with van der Waals surface area (Å²) in [5, 5.41) is 18.0. The lowest BCUT2D eigenvalue weighted by Gasteiger charge is -2.28. The Balaban J connectivity index is 1.50. The number of aliphatic hydroxyl groups excluding tert-OH is 1. The fourth-order valence-corrected chi connectivity index (χ4v) is 6.47. The van der Waals surface area contributed by atoms with Gasteiger partial charge in [0, 0.05) is 43.0 Å². The Hall–Kier alpha value is -3.76. The molecule has 15 heteroatoms. The van der Waals surface area contributed by atoms with Gasteiger partial charge in [-0.05, 0) is 18.2 Å². The predicted octanol–water partition coefficient (Wildman–Crippen LogP) is 1.51. The molecule has 1 fully saturated rings. The Labute approximate surface area is 234 Å². The fourth-order valence-electron chi connectivity index (χ4n) is 4.23. The second-order valence-electron chi connectivity index (χ2n) is 9.04. The van der Waals surface area contributed by atoms with E-state index in [1.54, 1.807) is 28.9 Å². The molecule has 1 amide bonds. The predicted molar refractivity (Wildman–Crippen MR) is 148 cm³/mol. The number of carbonyl (C=O) groups is 1. The van der Waals surface area contributed by atoms with Gasteiger partial charge in [-0.3, -0.25) is 10.0 Å². The Morgan fingerprint density at radius 1 is 1.18 bits per heavy atom. The zero-order chi connectivity index (χ0) is 28.3. The molecule has 0 saturated carbocycles. The molecule has 13 nitrogen and oxygen atoms in total. The molecule has 4 heterocycles. The van der Waals surface area contributed by atoms with Crippen LogP contribution >= 0.6 is 11.3 Å². The molecule has 1 saturated heterocycles. The minimum Gasteiger partial charge on any atom is -0.395 e. The smallest absolute Gasteiger partial charge is 0.277 e. The number of nitrogens with one attached hydrogen (secondary N) is 1. The first-order chi connectivity index (χ1) is 19.3. The Morgan fingerprint density at radius 2 is 1.93 bits per heavy atom. The van der Waals surface area contributed by atoms with Gasteiger partial charge in [0.15, 0.2) is 21.5 Å². The molecule has 1 aliphatic rings. The van der Waals surface area contributed by atoms with E-state index in [4.69, 9.17) is 19.9 Å². The third kappa shape index (κ3) is 5.88. The maximum Gasteiger partial charge on any atom is 0.277 e. The molecule has 0 unspecified atom stereocenters. The summed E-state index contributed by atoms with van der Waals surface area (Å²) in [6, 6.07) is 8.41. The van der Waals surface area contributed by atoms with E-state index in [1.807, 2.05) is 18.0 Å². The van der Waals surface area contributed by atoms with Gasteiger partial charge >= 0.3 is 0 Å². The molecule has 0 bridgehead atoms. The largest absolute Gasteiger partial charge is 0.395 e. The highest BCUT2D eigenvalue weighted by molar-refractivity contribution is 7.91. The molecule has 0 radical (unpaired) electrons. The van der Waals surface area contributed by atoms with Crippen LogP contribution in [-0.4, -0.2) is 90.3 Å². The van der Waals surface area contributed by atoms with E-state index in [0.29, 0.717) is 50.2 Å². The van der Waals surface area contributed by atoms with Crippen molar-refractivity contribution in [3.63, 3.8) is 0 Å². The summed E-state index contributed by atoms with van der Waals surface area (Å²) < 4.78 is 31.6. The molecule has 4 aromatic rings. The van der Waals surface area contributed by atoms with Gasteiger partial charge in [-0.1, -0.05) is 12.1 Å². The lowest BCUT2D eigenvalue weighted by molar-refractivity contribution is 0.0705. The van der Waals surface area contributed by atoms with E-state index in [0.717, 1.165) is 20.9 Å². The number of thiophene rings is 1. The molecular formula is C25H27N7O6S2. The highest BCUT2D eigenvalue weighted by Gasteiger charge is 2.22. The molecule has 1 aromatic carbocycles. The van der Waals surface area contributed by atoms with Crippen LogP contribution in [-0.2, 0) is 21.1 Å². The zero-order valence-electron chi connectivity index (χ0n) is 21.5. The number of sulfone groups is 1. The third-order valence-electron chi connectivity index (χ3n) is 6.26. The van der Waals surface area contributed by atoms with Crippen molar-refractivity contribution < 1.29 is 28.3 Å². The van der Waals surface area contributed by atoms with Crippen molar-refractivity contribution >= 4 is 49.1 Å². The Kier molecular flexibility index (Phi) is 8.18. The summed E-state index contributed by atoms with van der Waals surface area (Å²) in [7, 11) is -1.82. The van der Waals surface area contributed by atoms with E-state index in [-0.39, 0.29) is 16.2 Å². The minimum atomic E-state index is -3.64. The molecular weight excluding hydrogens is 558 g/mol. The van der Waals surface area contributed by atoms with E-state index < -0.39 is 22.4 Å². The van der Waals surface area contributed by atoms with Crippen molar-refractivity contribution in [1.29, 1.82) is 0 Å². The standard InChI is InChI=1S/C25H27N7O6S2/c1-31(25-26-13-17(14-27-25)24(34)30-35)15-18-12-20-21(39-18)23(32-5-8-38-9-6-32)29-22(28-20)16-3-2-4-19(11-16)40(36,37)10-7-33/h2-4,11-14,33,35H,5-10,15H2,1H3,(H,30,34). The zero-order valence-corrected chi connectivity index (χ0v) is 23.2. The highest BCUT2D eigenvalue weighted by atomic mass is 32.2. The van der Waals surface area contributed by atoms with Gasteiger partial charge in [0.25, 0.3) is 5.91 Å². The molecule has 1 aliphatic heterocycles. The van der Waals surface area contributed by atoms with Crippen LogP contribution in [0.2, 0.25) is 0 Å². The first-order valence-corrected chi connectivity index (χ1v) is 14.8. The summed E-state index contributed by atoms with van der Waals surface area (Å²) in [5.74, 6) is 0.487. The SMILES string of the molecule is CN(Cc1cc2nc(-c3cccc(S(=O)(=O)CCO)c3)nc(N3CCOCC3)c2s1)c1ncc(C(=O)NO)cn1. The molecule has 5 rings (SSSR count). The number of rotatable bonds is 9. The van der Waals surface area contributed by atoms with Gasteiger partial charge in [0.05, 0.1) is 52.8 Å². The van der Waals surface area contributed by atoms with Gasteiger partial charge in [0.1, 0.15) is 0 Å². The van der Waals surface area contributed by atoms with Crippen LogP contribution < -0.4 is 15.3 Å². The van der Waals surface area contributed by atoms with Crippen molar-refractivity contribution in [1.82, 2.24) is 25.4 Å². The van der Waals surface area contributed by atoms with Gasteiger partial charge in [-0.25, -0.2) is 33.8 Å². The number of nitrogens with zero attached hydrogens (tertiary/aromatic N) is 6. The van der Waals surface area contributed by atoms with Gasteiger partial charge in [-0.15, -0.1) is 11.3 Å².